The lowest BCUT2D eigenvalue weighted by Gasteiger charge is -2.06. The van der Waals surface area contributed by atoms with Crippen molar-refractivity contribution in [2.24, 2.45) is 0 Å². The molecule has 1 amide bonds. The Bertz CT molecular complexity index is 609. The molecular weight excluding hydrogens is 246 g/mol. The van der Waals surface area contributed by atoms with Crippen LogP contribution in [0.15, 0.2) is 42.5 Å². The Labute approximate surface area is 109 Å². The average molecular weight is 259 g/mol. The summed E-state index contributed by atoms with van der Waals surface area (Å²) in [5.74, 6) is -0.544. The second-order valence-corrected chi connectivity index (χ2v) is 3.97. The first kappa shape index (κ1) is 12.9. The van der Waals surface area contributed by atoms with Gasteiger partial charge in [0.1, 0.15) is 5.75 Å². The van der Waals surface area contributed by atoms with E-state index in [1.165, 1.54) is 0 Å². The number of nitrogens with one attached hydrogen (secondary N) is 1. The molecule has 0 aromatic heterocycles. The van der Waals surface area contributed by atoms with Gasteiger partial charge in [-0.15, -0.1) is 0 Å². The van der Waals surface area contributed by atoms with Crippen LogP contribution in [0.5, 0.6) is 5.75 Å². The number of amides is 1. The van der Waals surface area contributed by atoms with E-state index in [-0.39, 0.29) is 13.0 Å². The van der Waals surface area contributed by atoms with Gasteiger partial charge in [0.25, 0.3) is 0 Å². The van der Waals surface area contributed by atoms with E-state index in [0.29, 0.717) is 5.75 Å². The van der Waals surface area contributed by atoms with Gasteiger partial charge < -0.3 is 15.2 Å². The van der Waals surface area contributed by atoms with E-state index in [0.717, 1.165) is 10.8 Å². The quantitative estimate of drug-likeness (QED) is 0.884. The minimum absolute atomic E-state index is 0.0434. The number of carbonyl (C=O) groups excluding carboxylic acids is 1. The van der Waals surface area contributed by atoms with Gasteiger partial charge in [0.2, 0.25) is 0 Å². The number of carboxylic acid groups (broad SMARTS) is 1. The summed E-state index contributed by atoms with van der Waals surface area (Å²) in [6.07, 6.45) is -0.788. The highest BCUT2D eigenvalue weighted by Crippen LogP contribution is 2.20. The zero-order chi connectivity index (χ0) is 13.7. The lowest BCUT2D eigenvalue weighted by Crippen LogP contribution is -2.28. The highest BCUT2D eigenvalue weighted by Gasteiger charge is 2.05. The van der Waals surface area contributed by atoms with Gasteiger partial charge in [0, 0.05) is 6.54 Å². The summed E-state index contributed by atoms with van der Waals surface area (Å²) in [5.41, 5.74) is 0. The topological polar surface area (TPSA) is 75.6 Å². The molecule has 2 aromatic rings. The number of benzene rings is 2. The van der Waals surface area contributed by atoms with Gasteiger partial charge in [-0.3, -0.25) is 4.79 Å². The molecule has 0 radical (unpaired) electrons. The van der Waals surface area contributed by atoms with Crippen LogP contribution in [0.4, 0.5) is 4.79 Å². The van der Waals surface area contributed by atoms with Crippen molar-refractivity contribution in [3.8, 4) is 5.75 Å². The van der Waals surface area contributed by atoms with Crippen molar-refractivity contribution in [2.45, 2.75) is 6.42 Å². The highest BCUT2D eigenvalue weighted by atomic mass is 16.6. The predicted octanol–water partition coefficient (Wildman–Crippen LogP) is 2.40. The van der Waals surface area contributed by atoms with Gasteiger partial charge >= 0.3 is 12.1 Å². The minimum atomic E-state index is -0.967. The fourth-order valence-corrected chi connectivity index (χ4v) is 1.65. The Morgan fingerprint density at radius 1 is 1.11 bits per heavy atom. The van der Waals surface area contributed by atoms with Crippen LogP contribution in [0, 0.1) is 0 Å². The molecule has 0 heterocycles. The number of aliphatic carboxylic acids is 1. The average Bonchev–Trinajstić information content (AvgIpc) is 2.38. The number of carbonyl (C=O) groups is 2. The van der Waals surface area contributed by atoms with E-state index in [1.807, 2.05) is 30.3 Å². The number of hydrogen-bond acceptors (Lipinski definition) is 3. The molecule has 2 N–H and O–H groups in total. The zero-order valence-electron chi connectivity index (χ0n) is 10.1. The zero-order valence-corrected chi connectivity index (χ0v) is 10.1. The van der Waals surface area contributed by atoms with Crippen molar-refractivity contribution in [3.05, 3.63) is 42.5 Å². The maximum atomic E-state index is 11.4. The van der Waals surface area contributed by atoms with Gasteiger partial charge in [0.15, 0.2) is 0 Å². The fraction of sp³-hybridized carbons (Fsp3) is 0.143. The van der Waals surface area contributed by atoms with Crippen molar-refractivity contribution in [2.75, 3.05) is 6.54 Å². The summed E-state index contributed by atoms with van der Waals surface area (Å²) >= 11 is 0. The van der Waals surface area contributed by atoms with Crippen molar-refractivity contribution < 1.29 is 19.4 Å². The molecule has 0 aliphatic rings. The van der Waals surface area contributed by atoms with E-state index in [9.17, 15) is 9.59 Å². The molecule has 0 aliphatic heterocycles. The SMILES string of the molecule is O=C(O)CCNC(=O)Oc1ccc2ccccc2c1. The molecule has 0 spiro atoms. The summed E-state index contributed by atoms with van der Waals surface area (Å²) in [7, 11) is 0. The molecule has 0 aliphatic carbocycles. The molecule has 19 heavy (non-hydrogen) atoms. The van der Waals surface area contributed by atoms with E-state index >= 15 is 0 Å². The highest BCUT2D eigenvalue weighted by molar-refractivity contribution is 5.84. The molecule has 0 saturated heterocycles. The number of hydrogen-bond donors (Lipinski definition) is 2. The largest absolute Gasteiger partial charge is 0.481 e. The lowest BCUT2D eigenvalue weighted by molar-refractivity contribution is -0.136. The monoisotopic (exact) mass is 259 g/mol. The van der Waals surface area contributed by atoms with Gasteiger partial charge in [-0.05, 0) is 22.9 Å². The Hall–Kier alpha value is -2.56. The molecular formula is C14H13NO4. The first-order valence-corrected chi connectivity index (χ1v) is 5.81. The maximum Gasteiger partial charge on any atom is 0.412 e. The molecule has 0 saturated carbocycles. The molecule has 0 fully saturated rings. The lowest BCUT2D eigenvalue weighted by atomic mass is 10.1. The fourth-order valence-electron chi connectivity index (χ4n) is 1.65. The maximum absolute atomic E-state index is 11.4. The van der Waals surface area contributed by atoms with E-state index < -0.39 is 12.1 Å². The van der Waals surface area contributed by atoms with Gasteiger partial charge in [-0.1, -0.05) is 30.3 Å². The van der Waals surface area contributed by atoms with Crippen LogP contribution in [0.1, 0.15) is 6.42 Å². The predicted molar refractivity (Wildman–Crippen MR) is 70.2 cm³/mol. The minimum Gasteiger partial charge on any atom is -0.481 e. The number of ether oxygens (including phenoxy) is 1. The first-order valence-electron chi connectivity index (χ1n) is 5.81. The number of carboxylic acids is 1. The van der Waals surface area contributed by atoms with Crippen LogP contribution in [0.25, 0.3) is 10.8 Å². The summed E-state index contributed by atoms with van der Waals surface area (Å²) in [6, 6.07) is 13.0. The molecule has 0 unspecified atom stereocenters. The first-order chi connectivity index (χ1) is 9.15. The standard InChI is InChI=1S/C14H13NO4/c16-13(17)7-8-15-14(18)19-12-6-5-10-3-1-2-4-11(10)9-12/h1-6,9H,7-8H2,(H,15,18)(H,16,17). The van der Waals surface area contributed by atoms with E-state index in [2.05, 4.69) is 5.32 Å². The molecule has 5 heteroatoms. The number of rotatable bonds is 4. The number of fused-ring (bicyclic) bond motifs is 1. The summed E-state index contributed by atoms with van der Waals surface area (Å²) in [5, 5.41) is 12.8. The van der Waals surface area contributed by atoms with Crippen LogP contribution in [-0.4, -0.2) is 23.7 Å². The smallest absolute Gasteiger partial charge is 0.412 e. The Kier molecular flexibility index (Phi) is 3.97. The third-order valence-corrected chi connectivity index (χ3v) is 2.54. The van der Waals surface area contributed by atoms with Crippen molar-refractivity contribution in [1.29, 1.82) is 0 Å². The normalized spacial score (nSPS) is 10.1. The van der Waals surface area contributed by atoms with Crippen LogP contribution >= 0.6 is 0 Å². The summed E-state index contributed by atoms with van der Waals surface area (Å²) in [4.78, 5) is 21.7. The second-order valence-electron chi connectivity index (χ2n) is 3.97. The van der Waals surface area contributed by atoms with Crippen LogP contribution < -0.4 is 10.1 Å². The molecule has 0 bridgehead atoms. The molecule has 0 atom stereocenters. The van der Waals surface area contributed by atoms with Crippen molar-refractivity contribution >= 4 is 22.8 Å². The molecule has 98 valence electrons. The Balaban J connectivity index is 1.97. The Morgan fingerprint density at radius 2 is 1.84 bits per heavy atom. The van der Waals surface area contributed by atoms with Crippen molar-refractivity contribution in [3.63, 3.8) is 0 Å². The van der Waals surface area contributed by atoms with Crippen molar-refractivity contribution in [1.82, 2.24) is 5.32 Å². The van der Waals surface area contributed by atoms with Gasteiger partial charge in [-0.2, -0.15) is 0 Å². The van der Waals surface area contributed by atoms with E-state index in [1.54, 1.807) is 12.1 Å². The Morgan fingerprint density at radius 3 is 2.58 bits per heavy atom. The van der Waals surface area contributed by atoms with Gasteiger partial charge in [0.05, 0.1) is 6.42 Å². The van der Waals surface area contributed by atoms with Crippen LogP contribution in [-0.2, 0) is 4.79 Å². The summed E-state index contributed by atoms with van der Waals surface area (Å²) in [6.45, 7) is 0.0434. The molecule has 5 nitrogen and oxygen atoms in total. The third-order valence-electron chi connectivity index (χ3n) is 2.54. The third kappa shape index (κ3) is 3.70. The van der Waals surface area contributed by atoms with E-state index in [4.69, 9.17) is 9.84 Å². The van der Waals surface area contributed by atoms with Crippen LogP contribution in [0.3, 0.4) is 0 Å². The molecule has 2 aromatic carbocycles. The molecule has 2 rings (SSSR count). The van der Waals surface area contributed by atoms with Gasteiger partial charge in [-0.25, -0.2) is 4.79 Å². The second kappa shape index (κ2) is 5.86. The summed E-state index contributed by atoms with van der Waals surface area (Å²) < 4.78 is 5.06. The van der Waals surface area contributed by atoms with Crippen LogP contribution in [0.2, 0.25) is 0 Å².